The summed E-state index contributed by atoms with van der Waals surface area (Å²) in [6.07, 6.45) is 10.7. The molecule has 0 heterocycles. The van der Waals surface area contributed by atoms with E-state index in [1.54, 1.807) is 6.07 Å². The van der Waals surface area contributed by atoms with Crippen LogP contribution in [0.5, 0.6) is 5.75 Å². The minimum Gasteiger partial charge on any atom is -0.466 e. The van der Waals surface area contributed by atoms with Gasteiger partial charge in [0.15, 0.2) is 0 Å². The van der Waals surface area contributed by atoms with E-state index in [4.69, 9.17) is 9.47 Å². The second kappa shape index (κ2) is 14.3. The fraction of sp³-hybridized carbons (Fsp3) is 0.636. The molecule has 0 aromatic heterocycles. The van der Waals surface area contributed by atoms with E-state index in [2.05, 4.69) is 6.92 Å². The van der Waals surface area contributed by atoms with Gasteiger partial charge in [0.1, 0.15) is 5.75 Å². The van der Waals surface area contributed by atoms with Crippen LogP contribution in [-0.4, -0.2) is 18.5 Å². The molecule has 0 saturated carbocycles. The number of hydrogen-bond acceptors (Lipinski definition) is 4. The van der Waals surface area contributed by atoms with Crippen LogP contribution in [0.2, 0.25) is 0 Å². The van der Waals surface area contributed by atoms with Crippen molar-refractivity contribution in [2.45, 2.75) is 84.5 Å². The Bertz CT molecular complexity index is 525. The summed E-state index contributed by atoms with van der Waals surface area (Å²) in [7, 11) is 0. The highest BCUT2D eigenvalue weighted by Crippen LogP contribution is 2.15. The first-order valence-corrected chi connectivity index (χ1v) is 10.1. The molecule has 0 aliphatic heterocycles. The first-order valence-electron chi connectivity index (χ1n) is 10.1. The van der Waals surface area contributed by atoms with E-state index in [9.17, 15) is 9.59 Å². The number of aryl methyl sites for hydroxylation is 1. The number of hydrogen-bond donors (Lipinski definition) is 0. The zero-order valence-electron chi connectivity index (χ0n) is 16.4. The molecule has 0 aliphatic rings. The Morgan fingerprint density at radius 1 is 0.846 bits per heavy atom. The normalized spacial score (nSPS) is 10.5. The summed E-state index contributed by atoms with van der Waals surface area (Å²) in [4.78, 5) is 23.5. The van der Waals surface area contributed by atoms with Crippen LogP contribution in [0.3, 0.4) is 0 Å². The van der Waals surface area contributed by atoms with Crippen LogP contribution in [0, 0.1) is 0 Å². The summed E-state index contributed by atoms with van der Waals surface area (Å²) < 4.78 is 10.4. The monoisotopic (exact) mass is 362 g/mol. The van der Waals surface area contributed by atoms with Gasteiger partial charge in [-0.05, 0) is 30.5 Å². The number of carbonyl (C=O) groups is 2. The molecule has 0 saturated heterocycles. The van der Waals surface area contributed by atoms with Crippen LogP contribution < -0.4 is 4.74 Å². The van der Waals surface area contributed by atoms with Gasteiger partial charge in [0, 0.05) is 0 Å². The van der Waals surface area contributed by atoms with Gasteiger partial charge in [0.2, 0.25) is 0 Å². The Balaban J connectivity index is 2.04. The van der Waals surface area contributed by atoms with Crippen molar-refractivity contribution < 1.29 is 19.1 Å². The van der Waals surface area contributed by atoms with E-state index < -0.39 is 5.97 Å². The van der Waals surface area contributed by atoms with Gasteiger partial charge in [-0.25, -0.2) is 0 Å². The smallest absolute Gasteiger partial charge is 0.311 e. The number of benzene rings is 1. The minimum atomic E-state index is -0.401. The Labute approximate surface area is 158 Å². The molecule has 0 radical (unpaired) electrons. The zero-order valence-corrected chi connectivity index (χ0v) is 16.4. The Morgan fingerprint density at radius 3 is 2.19 bits per heavy atom. The molecule has 4 nitrogen and oxygen atoms in total. The van der Waals surface area contributed by atoms with Gasteiger partial charge in [-0.15, -0.1) is 0 Å². The lowest BCUT2D eigenvalue weighted by Gasteiger charge is -2.07. The first kappa shape index (κ1) is 22.2. The van der Waals surface area contributed by atoms with Crippen molar-refractivity contribution in [3.63, 3.8) is 0 Å². The fourth-order valence-corrected chi connectivity index (χ4v) is 2.71. The molecule has 0 amide bonds. The van der Waals surface area contributed by atoms with Gasteiger partial charge in [-0.1, -0.05) is 70.9 Å². The molecule has 26 heavy (non-hydrogen) atoms. The van der Waals surface area contributed by atoms with Gasteiger partial charge in [-0.2, -0.15) is 0 Å². The van der Waals surface area contributed by atoms with Crippen LogP contribution in [0.4, 0.5) is 0 Å². The van der Waals surface area contributed by atoms with Crippen molar-refractivity contribution in [2.24, 2.45) is 0 Å². The summed E-state index contributed by atoms with van der Waals surface area (Å²) >= 11 is 0. The van der Waals surface area contributed by atoms with Crippen LogP contribution in [-0.2, 0) is 20.7 Å². The predicted octanol–water partition coefficient (Wildman–Crippen LogP) is 5.62. The van der Waals surface area contributed by atoms with Crippen molar-refractivity contribution in [3.05, 3.63) is 29.8 Å². The van der Waals surface area contributed by atoms with E-state index in [1.165, 1.54) is 38.5 Å². The van der Waals surface area contributed by atoms with Gasteiger partial charge < -0.3 is 9.47 Å². The van der Waals surface area contributed by atoms with Crippen molar-refractivity contribution in [1.29, 1.82) is 0 Å². The molecule has 0 atom stereocenters. The van der Waals surface area contributed by atoms with E-state index in [1.807, 2.05) is 25.1 Å². The lowest BCUT2D eigenvalue weighted by Crippen LogP contribution is -2.13. The Kier molecular flexibility index (Phi) is 12.2. The third kappa shape index (κ3) is 10.9. The summed E-state index contributed by atoms with van der Waals surface area (Å²) in [5.41, 5.74) is 1.11. The van der Waals surface area contributed by atoms with Gasteiger partial charge in [0.05, 0.1) is 19.4 Å². The second-order valence-electron chi connectivity index (χ2n) is 6.67. The molecule has 0 bridgehead atoms. The molecule has 0 spiro atoms. The quantitative estimate of drug-likeness (QED) is 0.245. The predicted molar refractivity (Wildman–Crippen MR) is 104 cm³/mol. The van der Waals surface area contributed by atoms with Crippen molar-refractivity contribution in [2.75, 3.05) is 6.61 Å². The standard InChI is InChI=1S/C22H34O4/c1-3-5-6-7-8-9-10-11-17-25-21(23)15-16-22(24)26-20-14-12-13-19(4-2)18-20/h12-14,18H,3-11,15-17H2,1-2H3. The molecule has 1 aromatic rings. The third-order valence-electron chi connectivity index (χ3n) is 4.33. The fourth-order valence-electron chi connectivity index (χ4n) is 2.71. The molecular formula is C22H34O4. The van der Waals surface area contributed by atoms with Gasteiger partial charge >= 0.3 is 11.9 Å². The summed E-state index contributed by atoms with van der Waals surface area (Å²) in [5.74, 6) is -0.198. The summed E-state index contributed by atoms with van der Waals surface area (Å²) in [5, 5.41) is 0. The molecule has 0 aliphatic carbocycles. The van der Waals surface area contributed by atoms with Crippen LogP contribution in [0.15, 0.2) is 24.3 Å². The number of unbranched alkanes of at least 4 members (excludes halogenated alkanes) is 7. The lowest BCUT2D eigenvalue weighted by atomic mass is 10.1. The maximum Gasteiger partial charge on any atom is 0.311 e. The van der Waals surface area contributed by atoms with Crippen molar-refractivity contribution >= 4 is 11.9 Å². The van der Waals surface area contributed by atoms with Crippen LogP contribution >= 0.6 is 0 Å². The number of rotatable bonds is 14. The summed E-state index contributed by atoms with van der Waals surface area (Å²) in [6.45, 7) is 4.71. The molecule has 0 unspecified atom stereocenters. The molecule has 0 N–H and O–H groups in total. The topological polar surface area (TPSA) is 52.6 Å². The number of esters is 2. The highest BCUT2D eigenvalue weighted by atomic mass is 16.5. The van der Waals surface area contributed by atoms with Crippen LogP contribution in [0.1, 0.15) is 83.6 Å². The molecule has 0 fully saturated rings. The average molecular weight is 363 g/mol. The molecule has 1 rings (SSSR count). The Hall–Kier alpha value is -1.84. The maximum absolute atomic E-state index is 11.8. The number of carbonyl (C=O) groups excluding carboxylic acids is 2. The largest absolute Gasteiger partial charge is 0.466 e. The van der Waals surface area contributed by atoms with E-state index in [0.717, 1.165) is 24.8 Å². The summed E-state index contributed by atoms with van der Waals surface area (Å²) in [6, 6.07) is 7.44. The maximum atomic E-state index is 11.8. The lowest BCUT2D eigenvalue weighted by molar-refractivity contribution is -0.147. The molecule has 1 aromatic carbocycles. The van der Waals surface area contributed by atoms with E-state index in [0.29, 0.717) is 12.4 Å². The van der Waals surface area contributed by atoms with Crippen molar-refractivity contribution in [3.8, 4) is 5.75 Å². The first-order chi connectivity index (χ1) is 12.7. The highest BCUT2D eigenvalue weighted by Gasteiger charge is 2.10. The SMILES string of the molecule is CCCCCCCCCCOC(=O)CCC(=O)Oc1cccc(CC)c1. The molecular weight excluding hydrogens is 328 g/mol. The van der Waals surface area contributed by atoms with E-state index in [-0.39, 0.29) is 18.8 Å². The Morgan fingerprint density at radius 2 is 1.50 bits per heavy atom. The molecule has 146 valence electrons. The minimum absolute atomic E-state index is 0.0482. The van der Waals surface area contributed by atoms with Crippen molar-refractivity contribution in [1.82, 2.24) is 0 Å². The van der Waals surface area contributed by atoms with E-state index >= 15 is 0 Å². The third-order valence-corrected chi connectivity index (χ3v) is 4.33. The average Bonchev–Trinajstić information content (AvgIpc) is 2.65. The number of ether oxygens (including phenoxy) is 2. The van der Waals surface area contributed by atoms with Gasteiger partial charge in [0.25, 0.3) is 0 Å². The van der Waals surface area contributed by atoms with Crippen LogP contribution in [0.25, 0.3) is 0 Å². The zero-order chi connectivity index (χ0) is 19.0. The second-order valence-corrected chi connectivity index (χ2v) is 6.67. The highest BCUT2D eigenvalue weighted by molar-refractivity contribution is 5.79. The van der Waals surface area contributed by atoms with Gasteiger partial charge in [-0.3, -0.25) is 9.59 Å². The molecule has 4 heteroatoms.